The van der Waals surface area contributed by atoms with Gasteiger partial charge in [-0.15, -0.1) is 0 Å². The lowest BCUT2D eigenvalue weighted by Gasteiger charge is -2.08. The molecule has 0 atom stereocenters. The van der Waals surface area contributed by atoms with Crippen LogP contribution in [0.15, 0.2) is 41.5 Å². The number of pyridine rings is 1. The van der Waals surface area contributed by atoms with Gasteiger partial charge in [-0.25, -0.2) is 0 Å². The third kappa shape index (κ3) is 2.14. The maximum Gasteiger partial charge on any atom is 0.277 e. The molecule has 2 aromatic heterocycles. The molecule has 0 aliphatic heterocycles. The van der Waals surface area contributed by atoms with E-state index in [2.05, 4.69) is 25.0 Å². The average Bonchev–Trinajstić information content (AvgIpc) is 2.97. The highest BCUT2D eigenvalue weighted by molar-refractivity contribution is 5.99. The largest absolute Gasteiger partial charge is 0.377 e. The summed E-state index contributed by atoms with van der Waals surface area (Å²) in [5, 5.41) is 19.0. The number of nitro groups is 1. The fraction of sp³-hybridized carbons (Fsp3) is 0.0833. The van der Waals surface area contributed by atoms with Crippen LogP contribution in [0.4, 0.5) is 11.4 Å². The van der Waals surface area contributed by atoms with Gasteiger partial charge in [0, 0.05) is 29.5 Å². The van der Waals surface area contributed by atoms with Crippen LogP contribution in [-0.2, 0) is 6.54 Å². The molecular weight excluding hydrogens is 262 g/mol. The van der Waals surface area contributed by atoms with Gasteiger partial charge in [0.25, 0.3) is 5.69 Å². The Kier molecular flexibility index (Phi) is 2.96. The summed E-state index contributed by atoms with van der Waals surface area (Å²) in [4.78, 5) is 18.5. The van der Waals surface area contributed by atoms with E-state index >= 15 is 0 Å². The van der Waals surface area contributed by atoms with Gasteiger partial charge >= 0.3 is 0 Å². The number of nitro benzene ring substituents is 1. The summed E-state index contributed by atoms with van der Waals surface area (Å²) in [7, 11) is 0. The van der Waals surface area contributed by atoms with Crippen molar-refractivity contribution in [3.8, 4) is 0 Å². The molecule has 3 rings (SSSR count). The molecule has 0 radical (unpaired) electrons. The topological polar surface area (TPSA) is 107 Å². The minimum absolute atomic E-state index is 0.0486. The van der Waals surface area contributed by atoms with Crippen LogP contribution >= 0.6 is 0 Å². The number of rotatable bonds is 4. The zero-order chi connectivity index (χ0) is 13.9. The highest BCUT2D eigenvalue weighted by Crippen LogP contribution is 2.30. The maximum absolute atomic E-state index is 11.0. The molecule has 1 N–H and O–H groups in total. The van der Waals surface area contributed by atoms with Gasteiger partial charge in [0.1, 0.15) is 0 Å². The van der Waals surface area contributed by atoms with Crippen molar-refractivity contribution in [2.75, 3.05) is 5.32 Å². The highest BCUT2D eigenvalue weighted by Gasteiger charge is 2.14. The van der Waals surface area contributed by atoms with E-state index in [1.54, 1.807) is 18.3 Å². The van der Waals surface area contributed by atoms with Gasteiger partial charge in [-0.3, -0.25) is 15.1 Å². The zero-order valence-electron chi connectivity index (χ0n) is 10.2. The van der Waals surface area contributed by atoms with E-state index in [1.807, 2.05) is 0 Å². The van der Waals surface area contributed by atoms with Crippen LogP contribution in [0, 0.1) is 10.1 Å². The predicted octanol–water partition coefficient (Wildman–Crippen LogP) is 2.14. The third-order valence-electron chi connectivity index (χ3n) is 2.84. The number of nitrogens with zero attached hydrogens (tertiary/aromatic N) is 4. The van der Waals surface area contributed by atoms with Crippen LogP contribution in [0.25, 0.3) is 10.8 Å². The molecule has 1 aromatic carbocycles. The Hall–Kier alpha value is -3.03. The monoisotopic (exact) mass is 271 g/mol. The molecule has 0 amide bonds. The minimum Gasteiger partial charge on any atom is -0.377 e. The van der Waals surface area contributed by atoms with E-state index in [9.17, 15) is 10.1 Å². The molecule has 0 bridgehead atoms. The maximum atomic E-state index is 11.0. The molecule has 0 fully saturated rings. The zero-order valence-corrected chi connectivity index (χ0v) is 10.2. The summed E-state index contributed by atoms with van der Waals surface area (Å²) >= 11 is 0. The Morgan fingerprint density at radius 2 is 2.20 bits per heavy atom. The predicted molar refractivity (Wildman–Crippen MR) is 70.0 cm³/mol. The van der Waals surface area contributed by atoms with E-state index < -0.39 is 4.92 Å². The fourth-order valence-corrected chi connectivity index (χ4v) is 1.93. The molecule has 20 heavy (non-hydrogen) atoms. The highest BCUT2D eigenvalue weighted by atomic mass is 16.6. The molecule has 0 aliphatic rings. The number of fused-ring (bicyclic) bond motifs is 1. The lowest BCUT2D eigenvalue weighted by molar-refractivity contribution is -0.383. The first-order valence-corrected chi connectivity index (χ1v) is 5.76. The Morgan fingerprint density at radius 1 is 1.30 bits per heavy atom. The van der Waals surface area contributed by atoms with Gasteiger partial charge in [0.2, 0.25) is 6.39 Å². The summed E-state index contributed by atoms with van der Waals surface area (Å²) in [6.07, 6.45) is 4.35. The number of hydrogen-bond acceptors (Lipinski definition) is 7. The number of hydrogen-bond donors (Lipinski definition) is 1. The summed E-state index contributed by atoms with van der Waals surface area (Å²) in [5.41, 5.74) is 0.774. The molecular formula is C12H9N5O3. The van der Waals surface area contributed by atoms with Crippen molar-refractivity contribution >= 4 is 22.1 Å². The number of aromatic nitrogens is 3. The molecule has 3 aromatic rings. The second kappa shape index (κ2) is 4.92. The standard InChI is InChI=1S/C12H9N5O3/c18-17(19)11-2-1-10(9-5-13-4-3-8(9)11)14-6-12-15-7-20-16-12/h1-5,7,14H,6H2. The SMILES string of the molecule is O=[N+]([O-])c1ccc(NCc2ncon2)c2cnccc12. The molecule has 0 aliphatic carbocycles. The quantitative estimate of drug-likeness (QED) is 0.572. The van der Waals surface area contributed by atoms with Gasteiger partial charge in [-0.05, 0) is 12.1 Å². The Bertz CT molecular complexity index is 757. The minimum atomic E-state index is -0.411. The fourth-order valence-electron chi connectivity index (χ4n) is 1.93. The van der Waals surface area contributed by atoms with E-state index in [0.717, 1.165) is 5.69 Å². The Balaban J connectivity index is 1.99. The summed E-state index contributed by atoms with van der Waals surface area (Å²) in [5.74, 6) is 0.500. The summed E-state index contributed by atoms with van der Waals surface area (Å²) < 4.78 is 4.64. The van der Waals surface area contributed by atoms with Gasteiger partial charge in [0.05, 0.1) is 16.9 Å². The number of anilines is 1. The van der Waals surface area contributed by atoms with E-state index in [4.69, 9.17) is 0 Å². The van der Waals surface area contributed by atoms with E-state index in [1.165, 1.54) is 18.7 Å². The third-order valence-corrected chi connectivity index (χ3v) is 2.84. The Morgan fingerprint density at radius 3 is 2.95 bits per heavy atom. The summed E-state index contributed by atoms with van der Waals surface area (Å²) in [6, 6.07) is 4.72. The van der Waals surface area contributed by atoms with Crippen LogP contribution in [0.2, 0.25) is 0 Å². The molecule has 0 unspecified atom stereocenters. The molecule has 100 valence electrons. The first-order valence-electron chi connectivity index (χ1n) is 5.76. The summed E-state index contributed by atoms with van der Waals surface area (Å²) in [6.45, 7) is 0.359. The van der Waals surface area contributed by atoms with Gasteiger partial charge in [-0.1, -0.05) is 5.16 Å². The van der Waals surface area contributed by atoms with Crippen LogP contribution < -0.4 is 5.32 Å². The normalized spacial score (nSPS) is 10.6. The average molecular weight is 271 g/mol. The number of benzene rings is 1. The van der Waals surface area contributed by atoms with Crippen molar-refractivity contribution in [1.82, 2.24) is 15.1 Å². The van der Waals surface area contributed by atoms with E-state index in [-0.39, 0.29) is 5.69 Å². The lowest BCUT2D eigenvalue weighted by atomic mass is 10.1. The molecule has 0 spiro atoms. The lowest BCUT2D eigenvalue weighted by Crippen LogP contribution is -2.02. The molecule has 0 saturated heterocycles. The van der Waals surface area contributed by atoms with Crippen molar-refractivity contribution in [3.63, 3.8) is 0 Å². The van der Waals surface area contributed by atoms with Crippen LogP contribution in [0.5, 0.6) is 0 Å². The van der Waals surface area contributed by atoms with Gasteiger partial charge in [0.15, 0.2) is 5.82 Å². The van der Waals surface area contributed by atoms with Crippen molar-refractivity contribution in [3.05, 3.63) is 52.9 Å². The van der Waals surface area contributed by atoms with Crippen molar-refractivity contribution in [2.45, 2.75) is 6.54 Å². The second-order valence-electron chi connectivity index (χ2n) is 4.01. The van der Waals surface area contributed by atoms with Crippen molar-refractivity contribution in [2.24, 2.45) is 0 Å². The van der Waals surface area contributed by atoms with Gasteiger partial charge in [-0.2, -0.15) is 4.98 Å². The first-order chi connectivity index (χ1) is 9.75. The van der Waals surface area contributed by atoms with Crippen LogP contribution in [-0.4, -0.2) is 20.0 Å². The smallest absolute Gasteiger partial charge is 0.277 e. The van der Waals surface area contributed by atoms with Crippen LogP contribution in [0.3, 0.4) is 0 Å². The molecule has 0 saturated carbocycles. The molecule has 2 heterocycles. The van der Waals surface area contributed by atoms with Crippen molar-refractivity contribution in [1.29, 1.82) is 0 Å². The van der Waals surface area contributed by atoms with Gasteiger partial charge < -0.3 is 9.84 Å². The van der Waals surface area contributed by atoms with Crippen LogP contribution in [0.1, 0.15) is 5.82 Å². The molecule has 8 heteroatoms. The number of nitrogens with one attached hydrogen (secondary N) is 1. The first kappa shape index (κ1) is 12.0. The van der Waals surface area contributed by atoms with E-state index in [0.29, 0.717) is 23.1 Å². The van der Waals surface area contributed by atoms with Crippen molar-refractivity contribution < 1.29 is 9.45 Å². The molecule has 8 nitrogen and oxygen atoms in total. The number of non-ortho nitro benzene ring substituents is 1. The Labute approximate surface area is 112 Å². The second-order valence-corrected chi connectivity index (χ2v) is 4.01.